The van der Waals surface area contributed by atoms with Gasteiger partial charge in [-0.05, 0) is 24.6 Å². The lowest BCUT2D eigenvalue weighted by molar-refractivity contribution is 0.628. The van der Waals surface area contributed by atoms with Crippen molar-refractivity contribution < 1.29 is 4.39 Å². The van der Waals surface area contributed by atoms with Gasteiger partial charge >= 0.3 is 0 Å². The number of hydrogen-bond acceptors (Lipinski definition) is 1. The van der Waals surface area contributed by atoms with Crippen LogP contribution in [0.5, 0.6) is 0 Å². The summed E-state index contributed by atoms with van der Waals surface area (Å²) in [5.41, 5.74) is 6.29. The highest BCUT2D eigenvalue weighted by molar-refractivity contribution is 6.32. The van der Waals surface area contributed by atoms with E-state index < -0.39 is 0 Å². The van der Waals surface area contributed by atoms with Gasteiger partial charge in [-0.15, -0.1) is 0 Å². The fourth-order valence-electron chi connectivity index (χ4n) is 0.892. The van der Waals surface area contributed by atoms with E-state index in [-0.39, 0.29) is 11.9 Å². The first kappa shape index (κ1) is 10.2. The van der Waals surface area contributed by atoms with Crippen molar-refractivity contribution in [2.75, 3.05) is 0 Å². The molecule has 0 aromatic heterocycles. The van der Waals surface area contributed by atoms with Gasteiger partial charge < -0.3 is 5.73 Å². The Kier molecular flexibility index (Phi) is 3.46. The van der Waals surface area contributed by atoms with Gasteiger partial charge in [0.05, 0.1) is 5.02 Å². The summed E-state index contributed by atoms with van der Waals surface area (Å²) in [6, 6.07) is 4.24. The third-order valence-electron chi connectivity index (χ3n) is 1.54. The van der Waals surface area contributed by atoms with Gasteiger partial charge in [-0.3, -0.25) is 0 Å². The fraction of sp³-hybridized carbons (Fsp3) is 0.200. The molecule has 3 heteroatoms. The van der Waals surface area contributed by atoms with Crippen molar-refractivity contribution >= 4 is 17.7 Å². The van der Waals surface area contributed by atoms with Gasteiger partial charge in [-0.2, -0.15) is 0 Å². The zero-order valence-corrected chi connectivity index (χ0v) is 8.05. The van der Waals surface area contributed by atoms with Crippen molar-refractivity contribution in [2.45, 2.75) is 13.0 Å². The second-order valence-electron chi connectivity index (χ2n) is 2.88. The van der Waals surface area contributed by atoms with Crippen LogP contribution in [0.4, 0.5) is 4.39 Å². The molecule has 0 saturated carbocycles. The van der Waals surface area contributed by atoms with E-state index in [1.165, 1.54) is 12.1 Å². The minimum Gasteiger partial charge on any atom is -0.325 e. The van der Waals surface area contributed by atoms with Crippen LogP contribution in [-0.4, -0.2) is 6.04 Å². The highest BCUT2D eigenvalue weighted by atomic mass is 35.5. The lowest BCUT2D eigenvalue weighted by Crippen LogP contribution is -2.09. The van der Waals surface area contributed by atoms with Crippen LogP contribution in [0.1, 0.15) is 12.5 Å². The Labute approximate surface area is 82.0 Å². The highest BCUT2D eigenvalue weighted by Crippen LogP contribution is 2.18. The Hall–Kier alpha value is -0.860. The van der Waals surface area contributed by atoms with Crippen LogP contribution in [0.3, 0.4) is 0 Å². The van der Waals surface area contributed by atoms with E-state index in [9.17, 15) is 4.39 Å². The maximum atomic E-state index is 12.6. The Bertz CT molecular complexity index is 321. The van der Waals surface area contributed by atoms with Crippen LogP contribution >= 0.6 is 11.6 Å². The van der Waals surface area contributed by atoms with Crippen LogP contribution in [0, 0.1) is 5.82 Å². The Morgan fingerprint density at radius 3 is 2.77 bits per heavy atom. The summed E-state index contributed by atoms with van der Waals surface area (Å²) in [7, 11) is 0. The van der Waals surface area contributed by atoms with Gasteiger partial charge in [0.1, 0.15) is 5.82 Å². The van der Waals surface area contributed by atoms with Gasteiger partial charge in [-0.1, -0.05) is 29.8 Å². The molecule has 1 atom stereocenters. The smallest absolute Gasteiger partial charge is 0.124 e. The Morgan fingerprint density at radius 2 is 2.23 bits per heavy atom. The molecule has 0 radical (unpaired) electrons. The zero-order chi connectivity index (χ0) is 9.84. The SMILES string of the molecule is CC(N)/C=C/c1ccc(F)cc1Cl. The molecule has 1 unspecified atom stereocenters. The van der Waals surface area contributed by atoms with Crippen molar-refractivity contribution in [1.29, 1.82) is 0 Å². The van der Waals surface area contributed by atoms with Crippen molar-refractivity contribution in [3.05, 3.63) is 40.7 Å². The molecule has 2 N–H and O–H groups in total. The lowest BCUT2D eigenvalue weighted by Gasteiger charge is -1.99. The third kappa shape index (κ3) is 3.17. The summed E-state index contributed by atoms with van der Waals surface area (Å²) in [4.78, 5) is 0. The van der Waals surface area contributed by atoms with Gasteiger partial charge in [0, 0.05) is 6.04 Å². The molecular formula is C10H11ClFN. The fourth-order valence-corrected chi connectivity index (χ4v) is 1.12. The number of nitrogens with two attached hydrogens (primary N) is 1. The molecular weight excluding hydrogens is 189 g/mol. The molecule has 0 amide bonds. The standard InChI is InChI=1S/C10H11ClFN/c1-7(13)2-3-8-4-5-9(12)6-10(8)11/h2-7H,13H2,1H3/b3-2+. The number of halogens is 2. The van der Waals surface area contributed by atoms with Crippen molar-refractivity contribution in [2.24, 2.45) is 5.73 Å². The van der Waals surface area contributed by atoms with Gasteiger partial charge in [0.2, 0.25) is 0 Å². The van der Waals surface area contributed by atoms with E-state index in [1.807, 2.05) is 6.92 Å². The number of hydrogen-bond donors (Lipinski definition) is 1. The molecule has 70 valence electrons. The van der Waals surface area contributed by atoms with Crippen LogP contribution in [0.2, 0.25) is 5.02 Å². The second-order valence-corrected chi connectivity index (χ2v) is 3.29. The summed E-state index contributed by atoms with van der Waals surface area (Å²) < 4.78 is 12.6. The van der Waals surface area contributed by atoms with Crippen LogP contribution < -0.4 is 5.73 Å². The van der Waals surface area contributed by atoms with E-state index in [0.29, 0.717) is 5.02 Å². The largest absolute Gasteiger partial charge is 0.325 e. The average Bonchev–Trinajstić information content (AvgIpc) is 2.02. The van der Waals surface area contributed by atoms with E-state index in [1.54, 1.807) is 18.2 Å². The molecule has 13 heavy (non-hydrogen) atoms. The maximum Gasteiger partial charge on any atom is 0.124 e. The molecule has 1 aromatic rings. The molecule has 0 aliphatic heterocycles. The summed E-state index contributed by atoms with van der Waals surface area (Å²) >= 11 is 5.78. The molecule has 0 aliphatic rings. The lowest BCUT2D eigenvalue weighted by atomic mass is 10.2. The predicted molar refractivity (Wildman–Crippen MR) is 54.1 cm³/mol. The molecule has 0 heterocycles. The summed E-state index contributed by atoms with van der Waals surface area (Å²) in [5, 5.41) is 0.400. The van der Waals surface area contributed by atoms with Crippen LogP contribution in [0.15, 0.2) is 24.3 Å². The highest BCUT2D eigenvalue weighted by Gasteiger charge is 1.97. The van der Waals surface area contributed by atoms with Gasteiger partial charge in [-0.25, -0.2) is 4.39 Å². The summed E-state index contributed by atoms with van der Waals surface area (Å²) in [6.07, 6.45) is 3.59. The first-order valence-electron chi connectivity index (χ1n) is 3.98. The molecule has 0 spiro atoms. The molecule has 0 fully saturated rings. The minimum atomic E-state index is -0.331. The van der Waals surface area contributed by atoms with Crippen molar-refractivity contribution in [3.63, 3.8) is 0 Å². The summed E-state index contributed by atoms with van der Waals surface area (Å²) in [5.74, 6) is -0.331. The first-order valence-corrected chi connectivity index (χ1v) is 4.36. The predicted octanol–water partition coefficient (Wildman–Crippen LogP) is 2.84. The average molecular weight is 200 g/mol. The third-order valence-corrected chi connectivity index (χ3v) is 1.87. The molecule has 0 saturated heterocycles. The van der Waals surface area contributed by atoms with E-state index in [2.05, 4.69) is 0 Å². The van der Waals surface area contributed by atoms with Crippen LogP contribution in [0.25, 0.3) is 6.08 Å². The minimum absolute atomic E-state index is 0.0267. The zero-order valence-electron chi connectivity index (χ0n) is 7.30. The van der Waals surface area contributed by atoms with Crippen LogP contribution in [-0.2, 0) is 0 Å². The Morgan fingerprint density at radius 1 is 1.54 bits per heavy atom. The maximum absolute atomic E-state index is 12.6. The van der Waals surface area contributed by atoms with E-state index >= 15 is 0 Å². The van der Waals surface area contributed by atoms with Gasteiger partial charge in [0.15, 0.2) is 0 Å². The van der Waals surface area contributed by atoms with Crippen molar-refractivity contribution in [3.8, 4) is 0 Å². The number of benzene rings is 1. The van der Waals surface area contributed by atoms with Gasteiger partial charge in [0.25, 0.3) is 0 Å². The topological polar surface area (TPSA) is 26.0 Å². The number of rotatable bonds is 2. The Balaban J connectivity index is 2.90. The molecule has 1 nitrogen and oxygen atoms in total. The summed E-state index contributed by atoms with van der Waals surface area (Å²) in [6.45, 7) is 1.86. The monoisotopic (exact) mass is 199 g/mol. The quantitative estimate of drug-likeness (QED) is 0.779. The van der Waals surface area contributed by atoms with E-state index in [4.69, 9.17) is 17.3 Å². The molecule has 0 aliphatic carbocycles. The second kappa shape index (κ2) is 4.40. The molecule has 1 aromatic carbocycles. The van der Waals surface area contributed by atoms with E-state index in [0.717, 1.165) is 5.56 Å². The normalized spacial score (nSPS) is 13.5. The van der Waals surface area contributed by atoms with Crippen molar-refractivity contribution in [1.82, 2.24) is 0 Å². The molecule has 0 bridgehead atoms. The molecule has 1 rings (SSSR count). The first-order chi connectivity index (χ1) is 6.09.